The second-order valence-electron chi connectivity index (χ2n) is 7.96. The lowest BCUT2D eigenvalue weighted by atomic mass is 10.1. The van der Waals surface area contributed by atoms with E-state index in [9.17, 15) is 18.0 Å². The fraction of sp³-hybridized carbons (Fsp3) is 0.364. The Morgan fingerprint density at radius 1 is 0.941 bits per heavy atom. The molecule has 0 aliphatic heterocycles. The molecule has 7 nitrogen and oxygen atoms in total. The number of nitrogens with zero attached hydrogens (tertiary/aromatic N) is 2. The summed E-state index contributed by atoms with van der Waals surface area (Å²) in [4.78, 5) is 27.5. The molecule has 0 bridgehead atoms. The van der Waals surface area contributed by atoms with Gasteiger partial charge in [0.1, 0.15) is 12.6 Å². The Morgan fingerprint density at radius 3 is 2.09 bits per heavy atom. The summed E-state index contributed by atoms with van der Waals surface area (Å²) in [6.45, 7) is 4.47. The van der Waals surface area contributed by atoms with Crippen molar-refractivity contribution in [3.8, 4) is 0 Å². The van der Waals surface area contributed by atoms with Crippen LogP contribution in [0.25, 0.3) is 0 Å². The first-order valence-corrected chi connectivity index (χ1v) is 13.5. The van der Waals surface area contributed by atoms with E-state index < -0.39 is 34.4 Å². The minimum absolute atomic E-state index is 0.0498. The van der Waals surface area contributed by atoms with Crippen LogP contribution in [0.3, 0.4) is 0 Å². The summed E-state index contributed by atoms with van der Waals surface area (Å²) in [5.41, 5.74) is 0.587. The number of hydrogen-bond donors (Lipinski definition) is 1. The molecule has 2 aromatic rings. The molecule has 0 aliphatic rings. The van der Waals surface area contributed by atoms with E-state index in [4.69, 9.17) is 46.4 Å². The zero-order valence-corrected chi connectivity index (χ0v) is 22.8. The summed E-state index contributed by atoms with van der Waals surface area (Å²) in [6.07, 6.45) is 0.951. The number of hydrogen-bond acceptors (Lipinski definition) is 4. The van der Waals surface area contributed by atoms with Gasteiger partial charge in [0.25, 0.3) is 0 Å². The van der Waals surface area contributed by atoms with E-state index in [1.807, 2.05) is 0 Å². The van der Waals surface area contributed by atoms with Crippen LogP contribution in [0.1, 0.15) is 26.3 Å². The molecule has 0 spiro atoms. The molecular weight excluding hydrogens is 544 g/mol. The highest BCUT2D eigenvalue weighted by atomic mass is 35.5. The van der Waals surface area contributed by atoms with Gasteiger partial charge in [-0.15, -0.1) is 0 Å². The van der Waals surface area contributed by atoms with Crippen molar-refractivity contribution in [2.75, 3.05) is 17.1 Å². The van der Waals surface area contributed by atoms with Crippen LogP contribution >= 0.6 is 46.4 Å². The second kappa shape index (κ2) is 11.8. The summed E-state index contributed by atoms with van der Waals surface area (Å²) in [5.74, 6) is -1.04. The summed E-state index contributed by atoms with van der Waals surface area (Å²) in [7, 11) is -3.94. The highest BCUT2D eigenvalue weighted by Crippen LogP contribution is 2.31. The molecule has 0 unspecified atom stereocenters. The molecule has 0 radical (unpaired) electrons. The molecule has 2 rings (SSSR count). The van der Waals surface area contributed by atoms with Gasteiger partial charge in [-0.25, -0.2) is 8.42 Å². The highest BCUT2D eigenvalue weighted by molar-refractivity contribution is 7.92. The van der Waals surface area contributed by atoms with Gasteiger partial charge in [0.2, 0.25) is 21.8 Å². The van der Waals surface area contributed by atoms with Crippen LogP contribution in [0.5, 0.6) is 0 Å². The zero-order chi connectivity index (χ0) is 25.8. The maximum absolute atomic E-state index is 13.5. The van der Waals surface area contributed by atoms with E-state index in [0.29, 0.717) is 15.6 Å². The zero-order valence-electron chi connectivity index (χ0n) is 19.0. The SMILES string of the molecule is CC(C)NC(=O)[C@@H](C)N(Cc1ccc(Cl)cc1Cl)C(=O)CN(c1cc(Cl)ccc1Cl)S(C)(=O)=O. The average molecular weight is 569 g/mol. The van der Waals surface area contributed by atoms with Crippen molar-refractivity contribution in [2.24, 2.45) is 0 Å². The van der Waals surface area contributed by atoms with Crippen LogP contribution in [-0.4, -0.2) is 50.0 Å². The van der Waals surface area contributed by atoms with Crippen molar-refractivity contribution in [1.29, 1.82) is 0 Å². The predicted octanol–water partition coefficient (Wildman–Crippen LogP) is 5.01. The first-order chi connectivity index (χ1) is 15.7. The predicted molar refractivity (Wildman–Crippen MR) is 138 cm³/mol. The first-order valence-electron chi connectivity index (χ1n) is 10.2. The van der Waals surface area contributed by atoms with Crippen molar-refractivity contribution >= 4 is 73.9 Å². The third-order valence-corrected chi connectivity index (χ3v) is 7.08. The Kier molecular flexibility index (Phi) is 9.91. The van der Waals surface area contributed by atoms with Crippen LogP contribution in [0.15, 0.2) is 36.4 Å². The molecule has 0 saturated carbocycles. The lowest BCUT2D eigenvalue weighted by molar-refractivity contribution is -0.139. The fourth-order valence-electron chi connectivity index (χ4n) is 3.09. The summed E-state index contributed by atoms with van der Waals surface area (Å²) in [6, 6.07) is 7.97. The van der Waals surface area contributed by atoms with Crippen LogP contribution in [0, 0.1) is 0 Å². The van der Waals surface area contributed by atoms with Crippen molar-refractivity contribution in [1.82, 2.24) is 10.2 Å². The highest BCUT2D eigenvalue weighted by Gasteiger charge is 2.31. The van der Waals surface area contributed by atoms with Crippen LogP contribution in [-0.2, 0) is 26.2 Å². The third-order valence-electron chi connectivity index (χ3n) is 4.81. The molecule has 2 aromatic carbocycles. The Bertz CT molecular complexity index is 1170. The third kappa shape index (κ3) is 7.65. The minimum Gasteiger partial charge on any atom is -0.352 e. The Labute approximate surface area is 220 Å². The largest absolute Gasteiger partial charge is 0.352 e. The quantitative estimate of drug-likeness (QED) is 0.461. The van der Waals surface area contributed by atoms with E-state index in [-0.39, 0.29) is 28.3 Å². The number of amides is 2. The summed E-state index contributed by atoms with van der Waals surface area (Å²) < 4.78 is 26.0. The molecule has 0 aromatic heterocycles. The maximum atomic E-state index is 13.5. The maximum Gasteiger partial charge on any atom is 0.244 e. The molecule has 0 heterocycles. The van der Waals surface area contributed by atoms with Crippen molar-refractivity contribution in [3.05, 3.63) is 62.1 Å². The molecule has 0 aliphatic carbocycles. The molecule has 0 fully saturated rings. The molecule has 0 saturated heterocycles. The van der Waals surface area contributed by atoms with Gasteiger partial charge in [-0.2, -0.15) is 0 Å². The number of halogens is 4. The van der Waals surface area contributed by atoms with Crippen LogP contribution in [0.2, 0.25) is 20.1 Å². The van der Waals surface area contributed by atoms with E-state index in [2.05, 4.69) is 5.32 Å². The molecule has 12 heteroatoms. The van der Waals surface area contributed by atoms with E-state index >= 15 is 0 Å². The Balaban J connectivity index is 2.47. The number of benzene rings is 2. The number of nitrogens with one attached hydrogen (secondary N) is 1. The van der Waals surface area contributed by atoms with Gasteiger partial charge in [0.05, 0.1) is 17.0 Å². The average Bonchev–Trinajstić information content (AvgIpc) is 2.71. The van der Waals surface area contributed by atoms with Gasteiger partial charge in [-0.1, -0.05) is 52.5 Å². The Morgan fingerprint density at radius 2 is 1.53 bits per heavy atom. The van der Waals surface area contributed by atoms with Gasteiger partial charge < -0.3 is 10.2 Å². The number of carbonyl (C=O) groups excluding carboxylic acids is 2. The number of rotatable bonds is 9. The fourth-order valence-corrected chi connectivity index (χ4v) is 4.85. The lowest BCUT2D eigenvalue weighted by Gasteiger charge is -2.32. The van der Waals surface area contributed by atoms with Gasteiger partial charge in [0, 0.05) is 27.7 Å². The molecule has 1 atom stereocenters. The molecule has 1 N–H and O–H groups in total. The summed E-state index contributed by atoms with van der Waals surface area (Å²) >= 11 is 24.5. The number of sulfonamides is 1. The number of carbonyl (C=O) groups is 2. The minimum atomic E-state index is -3.94. The monoisotopic (exact) mass is 567 g/mol. The first kappa shape index (κ1) is 28.5. The molecule has 2 amide bonds. The van der Waals surface area contributed by atoms with Gasteiger partial charge in [0.15, 0.2) is 0 Å². The number of anilines is 1. The van der Waals surface area contributed by atoms with Gasteiger partial charge in [-0.05, 0) is 56.7 Å². The molecule has 186 valence electrons. The van der Waals surface area contributed by atoms with Crippen molar-refractivity contribution in [2.45, 2.75) is 39.4 Å². The normalized spacial score (nSPS) is 12.4. The smallest absolute Gasteiger partial charge is 0.244 e. The topological polar surface area (TPSA) is 86.8 Å². The summed E-state index contributed by atoms with van der Waals surface area (Å²) in [5, 5.41) is 3.82. The van der Waals surface area contributed by atoms with Gasteiger partial charge >= 0.3 is 0 Å². The van der Waals surface area contributed by atoms with Crippen LogP contribution in [0.4, 0.5) is 5.69 Å². The lowest BCUT2D eigenvalue weighted by Crippen LogP contribution is -2.52. The second-order valence-corrected chi connectivity index (χ2v) is 11.6. The van der Waals surface area contributed by atoms with Crippen LogP contribution < -0.4 is 9.62 Å². The van der Waals surface area contributed by atoms with E-state index in [0.717, 1.165) is 10.6 Å². The van der Waals surface area contributed by atoms with Crippen molar-refractivity contribution in [3.63, 3.8) is 0 Å². The Hall–Kier alpha value is -1.71. The standard InChI is InChI=1S/C22H25Cl4N3O4S/c1-13(2)27-22(31)14(3)28(11-15-5-6-16(23)9-19(15)26)21(30)12-29(34(4,32)33)20-10-17(24)7-8-18(20)25/h5-10,13-14H,11-12H2,1-4H3,(H,27,31)/t14-/m1/s1. The van der Waals surface area contributed by atoms with Gasteiger partial charge in [-0.3, -0.25) is 13.9 Å². The van der Waals surface area contributed by atoms with Crippen molar-refractivity contribution < 1.29 is 18.0 Å². The molecular formula is C22H25Cl4N3O4S. The molecule has 34 heavy (non-hydrogen) atoms. The van der Waals surface area contributed by atoms with E-state index in [1.165, 1.54) is 29.2 Å². The van der Waals surface area contributed by atoms with E-state index in [1.54, 1.807) is 32.9 Å².